The van der Waals surface area contributed by atoms with E-state index in [1.807, 2.05) is 18.2 Å². The normalized spacial score (nSPS) is 26.8. The zero-order chi connectivity index (χ0) is 24.9. The number of anilines is 2. The summed E-state index contributed by atoms with van der Waals surface area (Å²) in [6, 6.07) is 6.65. The van der Waals surface area contributed by atoms with Gasteiger partial charge in [0.2, 0.25) is 11.8 Å². The lowest BCUT2D eigenvalue weighted by Gasteiger charge is -2.31. The quantitative estimate of drug-likeness (QED) is 0.595. The van der Waals surface area contributed by atoms with Crippen molar-refractivity contribution in [3.05, 3.63) is 41.7 Å². The molecule has 2 aromatic rings. The Morgan fingerprint density at radius 1 is 1.17 bits per heavy atom. The molecule has 9 nitrogen and oxygen atoms in total. The number of fused-ring (bicyclic) bond motifs is 3. The molecule has 3 N–H and O–H groups in total. The van der Waals surface area contributed by atoms with Crippen LogP contribution in [0.1, 0.15) is 61.0 Å². The Morgan fingerprint density at radius 3 is 2.61 bits per heavy atom. The smallest absolute Gasteiger partial charge is 0.270 e. The van der Waals surface area contributed by atoms with Crippen LogP contribution in [0.25, 0.3) is 0 Å². The third-order valence-electron chi connectivity index (χ3n) is 8.95. The maximum atomic E-state index is 13.6. The summed E-state index contributed by atoms with van der Waals surface area (Å²) in [5.41, 5.74) is 2.20. The minimum absolute atomic E-state index is 0.00286. The van der Waals surface area contributed by atoms with Crippen LogP contribution in [0, 0.1) is 17.8 Å². The molecular weight excluding hydrogens is 458 g/mol. The average molecular weight is 492 g/mol. The number of aromatic nitrogens is 2. The van der Waals surface area contributed by atoms with Crippen LogP contribution >= 0.6 is 0 Å². The van der Waals surface area contributed by atoms with Gasteiger partial charge in [-0.05, 0) is 67.2 Å². The fourth-order valence-electron chi connectivity index (χ4n) is 7.03. The van der Waals surface area contributed by atoms with Gasteiger partial charge in [-0.1, -0.05) is 25.3 Å². The molecule has 0 bridgehead atoms. The SMILES string of the molecule is Cn1nccc1C(=O)NC(C(=O)Nc1ccc2c(c1)NC(=O)C21CCOCC1)C1CC2CCCC2C1. The van der Waals surface area contributed by atoms with Gasteiger partial charge in [-0.2, -0.15) is 5.10 Å². The molecule has 1 saturated heterocycles. The molecule has 0 radical (unpaired) electrons. The third kappa shape index (κ3) is 3.89. The van der Waals surface area contributed by atoms with Crippen molar-refractivity contribution in [1.82, 2.24) is 15.1 Å². The Balaban J connectivity index is 1.22. The Labute approximate surface area is 210 Å². The topological polar surface area (TPSA) is 114 Å². The summed E-state index contributed by atoms with van der Waals surface area (Å²) in [6.07, 6.45) is 8.49. The van der Waals surface area contributed by atoms with Crippen LogP contribution in [0.15, 0.2) is 30.5 Å². The molecule has 2 saturated carbocycles. The number of benzene rings is 1. The van der Waals surface area contributed by atoms with E-state index in [0.29, 0.717) is 49.3 Å². The van der Waals surface area contributed by atoms with Crippen LogP contribution in [-0.4, -0.2) is 46.8 Å². The highest BCUT2D eigenvalue weighted by atomic mass is 16.5. The maximum Gasteiger partial charge on any atom is 0.270 e. The van der Waals surface area contributed by atoms with Crippen molar-refractivity contribution in [2.75, 3.05) is 23.8 Å². The van der Waals surface area contributed by atoms with Crippen LogP contribution in [-0.2, 0) is 26.8 Å². The lowest BCUT2D eigenvalue weighted by atomic mass is 9.75. The predicted molar refractivity (Wildman–Crippen MR) is 133 cm³/mol. The molecule has 4 aliphatic rings. The molecule has 1 spiro atoms. The highest BCUT2D eigenvalue weighted by molar-refractivity contribution is 6.07. The number of amides is 3. The monoisotopic (exact) mass is 491 g/mol. The Hall–Kier alpha value is -3.20. The molecule has 2 aliphatic carbocycles. The molecule has 190 valence electrons. The zero-order valence-corrected chi connectivity index (χ0v) is 20.6. The third-order valence-corrected chi connectivity index (χ3v) is 8.95. The molecule has 1 aromatic heterocycles. The minimum atomic E-state index is -0.636. The van der Waals surface area contributed by atoms with E-state index in [1.165, 1.54) is 23.9 Å². The zero-order valence-electron chi connectivity index (χ0n) is 20.6. The minimum Gasteiger partial charge on any atom is -0.381 e. The van der Waals surface area contributed by atoms with Gasteiger partial charge in [0.1, 0.15) is 11.7 Å². The second-order valence-electron chi connectivity index (χ2n) is 10.9. The molecule has 6 rings (SSSR count). The molecule has 9 heteroatoms. The van der Waals surface area contributed by atoms with E-state index in [4.69, 9.17) is 4.74 Å². The van der Waals surface area contributed by atoms with Gasteiger partial charge < -0.3 is 20.7 Å². The number of hydrogen-bond donors (Lipinski definition) is 3. The molecule has 1 aromatic carbocycles. The van der Waals surface area contributed by atoms with E-state index >= 15 is 0 Å². The van der Waals surface area contributed by atoms with Crippen molar-refractivity contribution in [3.8, 4) is 0 Å². The first-order chi connectivity index (χ1) is 17.4. The first kappa shape index (κ1) is 23.2. The van der Waals surface area contributed by atoms with E-state index in [2.05, 4.69) is 21.0 Å². The molecular formula is C27H33N5O4. The van der Waals surface area contributed by atoms with Crippen molar-refractivity contribution in [1.29, 1.82) is 0 Å². The summed E-state index contributed by atoms with van der Waals surface area (Å²) in [7, 11) is 1.72. The first-order valence-corrected chi connectivity index (χ1v) is 13.1. The molecule has 3 unspecified atom stereocenters. The molecule has 3 fully saturated rings. The van der Waals surface area contributed by atoms with E-state index in [9.17, 15) is 14.4 Å². The van der Waals surface area contributed by atoms with Crippen LogP contribution in [0.3, 0.4) is 0 Å². The maximum absolute atomic E-state index is 13.6. The summed E-state index contributed by atoms with van der Waals surface area (Å²) in [6.45, 7) is 1.12. The number of nitrogens with zero attached hydrogens (tertiary/aromatic N) is 2. The fraction of sp³-hybridized carbons (Fsp3) is 0.556. The number of ether oxygens (including phenoxy) is 1. The summed E-state index contributed by atoms with van der Waals surface area (Å²) in [5, 5.41) is 13.2. The second kappa shape index (κ2) is 9.03. The van der Waals surface area contributed by atoms with E-state index in [-0.39, 0.29) is 23.6 Å². The van der Waals surface area contributed by atoms with Crippen LogP contribution in [0.2, 0.25) is 0 Å². The van der Waals surface area contributed by atoms with Crippen LogP contribution in [0.4, 0.5) is 11.4 Å². The van der Waals surface area contributed by atoms with Gasteiger partial charge in [-0.15, -0.1) is 0 Å². The van der Waals surface area contributed by atoms with Gasteiger partial charge >= 0.3 is 0 Å². The van der Waals surface area contributed by atoms with Crippen molar-refractivity contribution < 1.29 is 19.1 Å². The number of rotatable bonds is 5. The largest absolute Gasteiger partial charge is 0.381 e. The first-order valence-electron chi connectivity index (χ1n) is 13.1. The molecule has 3 heterocycles. The van der Waals surface area contributed by atoms with Crippen LogP contribution in [0.5, 0.6) is 0 Å². The molecule has 3 amide bonds. The van der Waals surface area contributed by atoms with Gasteiger partial charge in [0.05, 0.1) is 5.41 Å². The van der Waals surface area contributed by atoms with Crippen molar-refractivity contribution in [2.24, 2.45) is 24.8 Å². The molecule has 36 heavy (non-hydrogen) atoms. The molecule has 3 atom stereocenters. The van der Waals surface area contributed by atoms with E-state index in [0.717, 1.165) is 24.1 Å². The van der Waals surface area contributed by atoms with E-state index in [1.54, 1.807) is 19.3 Å². The summed E-state index contributed by atoms with van der Waals surface area (Å²) in [5.74, 6) is 0.866. The number of nitrogens with one attached hydrogen (secondary N) is 3. The van der Waals surface area contributed by atoms with Crippen LogP contribution < -0.4 is 16.0 Å². The van der Waals surface area contributed by atoms with Gasteiger partial charge in [0, 0.05) is 37.8 Å². The lowest BCUT2D eigenvalue weighted by Crippen LogP contribution is -2.48. The van der Waals surface area contributed by atoms with Gasteiger partial charge in [-0.25, -0.2) is 0 Å². The summed E-state index contributed by atoms with van der Waals surface area (Å²) in [4.78, 5) is 39.5. The van der Waals surface area contributed by atoms with Gasteiger partial charge in [0.25, 0.3) is 5.91 Å². The number of hydrogen-bond acceptors (Lipinski definition) is 5. The van der Waals surface area contributed by atoms with Gasteiger partial charge in [-0.3, -0.25) is 19.1 Å². The van der Waals surface area contributed by atoms with Crippen molar-refractivity contribution >= 4 is 29.1 Å². The Bertz CT molecular complexity index is 1190. The number of carbonyl (C=O) groups is 3. The number of aryl methyl sites for hydroxylation is 1. The van der Waals surface area contributed by atoms with Gasteiger partial charge in [0.15, 0.2) is 0 Å². The van der Waals surface area contributed by atoms with E-state index < -0.39 is 11.5 Å². The van der Waals surface area contributed by atoms with Crippen molar-refractivity contribution in [2.45, 2.75) is 56.4 Å². The predicted octanol–water partition coefficient (Wildman–Crippen LogP) is 2.98. The highest BCUT2D eigenvalue weighted by Crippen LogP contribution is 2.48. The van der Waals surface area contributed by atoms with Crippen molar-refractivity contribution in [3.63, 3.8) is 0 Å². The fourth-order valence-corrected chi connectivity index (χ4v) is 7.03. The number of carbonyl (C=O) groups excluding carboxylic acids is 3. The summed E-state index contributed by atoms with van der Waals surface area (Å²) < 4.78 is 7.00. The molecule has 2 aliphatic heterocycles. The lowest BCUT2D eigenvalue weighted by molar-refractivity contribution is -0.124. The second-order valence-corrected chi connectivity index (χ2v) is 10.9. The standard InChI is InChI=1S/C27H33N5O4/c1-32-22(7-10-28-32)24(33)31-23(18-13-16-3-2-4-17(16)14-18)25(34)29-19-5-6-20-21(15-19)30-26(35)27(20)8-11-36-12-9-27/h5-7,10,15-18,23H,2-4,8-9,11-14H2,1H3,(H,29,34)(H,30,35)(H,31,33). The average Bonchev–Trinajstić information content (AvgIpc) is 3.63. The Morgan fingerprint density at radius 2 is 1.92 bits per heavy atom. The Kier molecular flexibility index (Phi) is 5.82. The summed E-state index contributed by atoms with van der Waals surface area (Å²) >= 11 is 0. The highest BCUT2D eigenvalue weighted by Gasteiger charge is 2.48.